The summed E-state index contributed by atoms with van der Waals surface area (Å²) >= 11 is 0. The summed E-state index contributed by atoms with van der Waals surface area (Å²) < 4.78 is 14.2. The molecule has 0 spiro atoms. The first kappa shape index (κ1) is 43.2. The highest BCUT2D eigenvalue weighted by atomic mass is 16.3. The Morgan fingerprint density at radius 3 is 1.15 bits per heavy atom. The fourth-order valence-corrected chi connectivity index (χ4v) is 13.6. The van der Waals surface area contributed by atoms with Crippen molar-refractivity contribution in [1.29, 1.82) is 0 Å². The second-order valence-electron chi connectivity index (χ2n) is 21.6. The molecule has 10 aromatic carbocycles. The topological polar surface area (TPSA) is 32.8 Å². The zero-order valence-electron chi connectivity index (χ0n) is 41.9. The molecule has 2 aliphatic carbocycles. The number of hydrogen-bond donors (Lipinski definition) is 0. The second-order valence-corrected chi connectivity index (χ2v) is 21.6. The molecule has 0 bridgehead atoms. The second kappa shape index (κ2) is 17.1. The van der Waals surface area contributed by atoms with Crippen molar-refractivity contribution in [1.82, 2.24) is 0 Å². The molecule has 0 unspecified atom stereocenters. The van der Waals surface area contributed by atoms with Gasteiger partial charge < -0.3 is 18.6 Å². The van der Waals surface area contributed by atoms with Gasteiger partial charge >= 0.3 is 0 Å². The van der Waals surface area contributed by atoms with Crippen molar-refractivity contribution in [2.75, 3.05) is 9.80 Å². The number of furan rings is 2. The molecular formula is C68H60N2O2. The summed E-state index contributed by atoms with van der Waals surface area (Å²) in [5.41, 5.74) is 18.5. The average Bonchev–Trinajstić information content (AvgIpc) is 3.98. The Bertz CT molecular complexity index is 3780. The highest BCUT2D eigenvalue weighted by Gasteiger charge is 2.32. The largest absolute Gasteiger partial charge is 0.454 e. The van der Waals surface area contributed by atoms with Gasteiger partial charge in [0.25, 0.3) is 0 Å². The Kier molecular flexibility index (Phi) is 10.2. The van der Waals surface area contributed by atoms with Crippen LogP contribution >= 0.6 is 0 Å². The van der Waals surface area contributed by atoms with Crippen molar-refractivity contribution >= 4 is 110 Å². The van der Waals surface area contributed by atoms with Crippen LogP contribution in [0.2, 0.25) is 0 Å². The zero-order valence-corrected chi connectivity index (χ0v) is 41.9. The molecule has 72 heavy (non-hydrogen) atoms. The van der Waals surface area contributed by atoms with E-state index in [9.17, 15) is 0 Å². The van der Waals surface area contributed by atoms with Crippen LogP contribution < -0.4 is 9.80 Å². The van der Waals surface area contributed by atoms with E-state index in [-0.39, 0.29) is 0 Å². The number of benzene rings is 10. The minimum absolute atomic E-state index is 0.438. The van der Waals surface area contributed by atoms with E-state index in [2.05, 4.69) is 195 Å². The maximum atomic E-state index is 7.12. The van der Waals surface area contributed by atoms with Crippen molar-refractivity contribution in [3.8, 4) is 0 Å². The third-order valence-corrected chi connectivity index (χ3v) is 16.7. The molecule has 2 fully saturated rings. The Hall–Kier alpha value is -7.56. The van der Waals surface area contributed by atoms with Gasteiger partial charge in [-0.05, 0) is 169 Å². The SMILES string of the molecule is Cc1cc(C)cc(N(c2ccc3ccc4c(N(c5cc(C)cc(C)c5)c5c(C6CCCCC6)ccc6c5oc5ccccc56)ccc5ccc2c3c54)c2c(C3CCCCC3)ccc3c2oc2ccccc23)c1. The number of rotatable bonds is 8. The minimum atomic E-state index is 0.438. The molecule has 354 valence electrons. The Labute approximate surface area is 421 Å². The van der Waals surface area contributed by atoms with Crippen molar-refractivity contribution < 1.29 is 8.83 Å². The summed E-state index contributed by atoms with van der Waals surface area (Å²) in [4.78, 5) is 5.17. The van der Waals surface area contributed by atoms with Crippen LogP contribution in [0, 0.1) is 27.7 Å². The minimum Gasteiger partial charge on any atom is -0.454 e. The third kappa shape index (κ3) is 6.93. The lowest BCUT2D eigenvalue weighted by atomic mass is 9.82. The number of hydrogen-bond acceptors (Lipinski definition) is 4. The molecule has 14 rings (SSSR count). The van der Waals surface area contributed by atoms with Crippen LogP contribution in [-0.4, -0.2) is 0 Å². The maximum absolute atomic E-state index is 7.12. The number of anilines is 6. The highest BCUT2D eigenvalue weighted by Crippen LogP contribution is 2.54. The number of aryl methyl sites for hydroxylation is 4. The summed E-state index contributed by atoms with van der Waals surface area (Å²) in [7, 11) is 0. The molecule has 0 aliphatic heterocycles. The van der Waals surface area contributed by atoms with Crippen LogP contribution in [0.1, 0.15) is 109 Å². The molecule has 4 nitrogen and oxygen atoms in total. The predicted octanol–water partition coefficient (Wildman–Crippen LogP) is 20.7. The predicted molar refractivity (Wildman–Crippen MR) is 305 cm³/mol. The smallest absolute Gasteiger partial charge is 0.159 e. The molecular weight excluding hydrogens is 877 g/mol. The van der Waals surface area contributed by atoms with Crippen LogP contribution in [0.4, 0.5) is 34.1 Å². The van der Waals surface area contributed by atoms with E-state index in [4.69, 9.17) is 8.83 Å². The summed E-state index contributed by atoms with van der Waals surface area (Å²) in [6.07, 6.45) is 12.3. The molecule has 2 saturated carbocycles. The molecule has 0 amide bonds. The van der Waals surface area contributed by atoms with Gasteiger partial charge in [-0.3, -0.25) is 0 Å². The Morgan fingerprint density at radius 2 is 0.736 bits per heavy atom. The van der Waals surface area contributed by atoms with Gasteiger partial charge in [0.05, 0.1) is 22.7 Å². The fraction of sp³-hybridized carbons (Fsp3) is 0.235. The van der Waals surface area contributed by atoms with Crippen LogP contribution in [0.3, 0.4) is 0 Å². The van der Waals surface area contributed by atoms with Crippen molar-refractivity contribution in [3.05, 3.63) is 191 Å². The molecule has 12 aromatic rings. The lowest BCUT2D eigenvalue weighted by Gasteiger charge is -2.34. The molecule has 0 saturated heterocycles. The lowest BCUT2D eigenvalue weighted by molar-refractivity contribution is 0.444. The molecule has 0 radical (unpaired) electrons. The van der Waals surface area contributed by atoms with Gasteiger partial charge in [0.2, 0.25) is 0 Å². The highest BCUT2D eigenvalue weighted by molar-refractivity contribution is 6.29. The van der Waals surface area contributed by atoms with Crippen LogP contribution in [-0.2, 0) is 0 Å². The normalized spacial score (nSPS) is 15.1. The van der Waals surface area contributed by atoms with E-state index in [1.807, 2.05) is 0 Å². The number of nitrogens with zero attached hydrogens (tertiary/aromatic N) is 2. The summed E-state index contributed by atoms with van der Waals surface area (Å²) in [6, 6.07) is 59.8. The van der Waals surface area contributed by atoms with Crippen LogP contribution in [0.25, 0.3) is 76.2 Å². The van der Waals surface area contributed by atoms with Gasteiger partial charge in [0.1, 0.15) is 11.2 Å². The number of para-hydroxylation sites is 2. The van der Waals surface area contributed by atoms with Gasteiger partial charge in [-0.25, -0.2) is 0 Å². The van der Waals surface area contributed by atoms with Crippen LogP contribution in [0.15, 0.2) is 167 Å². The average molecular weight is 937 g/mol. The summed E-state index contributed by atoms with van der Waals surface area (Å²) in [5, 5.41) is 12.1. The van der Waals surface area contributed by atoms with E-state index in [1.54, 1.807) is 0 Å². The standard InChI is InChI=1S/C68H60N2O2/c1-41-35-42(2)38-49(37-41)69(65-51(45-15-7-5-8-16-45)29-31-55-53-19-11-13-21-61(53)71-67(55)65)59-33-25-47-24-28-58-60(34-26-48-23-27-57(59)63(47)64(48)58)70(50-39-43(3)36-44(4)40-50)66-52(46-17-9-6-10-18-46)30-32-56-54-20-12-14-22-62(54)72-68(56)66/h11-14,19-40,45-46H,5-10,15-18H2,1-4H3. The third-order valence-electron chi connectivity index (χ3n) is 16.7. The molecule has 2 heterocycles. The fourth-order valence-electron chi connectivity index (χ4n) is 13.6. The van der Waals surface area contributed by atoms with E-state index in [1.165, 1.54) is 141 Å². The van der Waals surface area contributed by atoms with Crippen LogP contribution in [0.5, 0.6) is 0 Å². The quantitative estimate of drug-likeness (QED) is 0.142. The van der Waals surface area contributed by atoms with Gasteiger partial charge in [-0.15, -0.1) is 0 Å². The molecule has 2 aromatic heterocycles. The van der Waals surface area contributed by atoms with Crippen molar-refractivity contribution in [3.63, 3.8) is 0 Å². The molecule has 2 aliphatic rings. The van der Waals surface area contributed by atoms with E-state index in [0.29, 0.717) is 11.8 Å². The van der Waals surface area contributed by atoms with Crippen molar-refractivity contribution in [2.45, 2.75) is 104 Å². The first-order valence-electron chi connectivity index (χ1n) is 26.7. The van der Waals surface area contributed by atoms with Gasteiger partial charge in [-0.2, -0.15) is 0 Å². The van der Waals surface area contributed by atoms with Gasteiger partial charge in [0, 0.05) is 43.7 Å². The monoisotopic (exact) mass is 936 g/mol. The number of fused-ring (bicyclic) bond motifs is 6. The van der Waals surface area contributed by atoms with Gasteiger partial charge in [-0.1, -0.05) is 148 Å². The Morgan fingerprint density at radius 1 is 0.361 bits per heavy atom. The Balaban J connectivity index is 1.07. The van der Waals surface area contributed by atoms with E-state index in [0.717, 1.165) is 66.6 Å². The summed E-state index contributed by atoms with van der Waals surface area (Å²) in [6.45, 7) is 8.93. The summed E-state index contributed by atoms with van der Waals surface area (Å²) in [5.74, 6) is 0.876. The maximum Gasteiger partial charge on any atom is 0.159 e. The molecule has 0 N–H and O–H groups in total. The van der Waals surface area contributed by atoms with Gasteiger partial charge in [0.15, 0.2) is 11.2 Å². The lowest BCUT2D eigenvalue weighted by Crippen LogP contribution is -2.17. The van der Waals surface area contributed by atoms with Crippen molar-refractivity contribution in [2.24, 2.45) is 0 Å². The molecule has 4 heteroatoms. The van der Waals surface area contributed by atoms with E-state index < -0.39 is 0 Å². The van der Waals surface area contributed by atoms with E-state index >= 15 is 0 Å². The first-order valence-corrected chi connectivity index (χ1v) is 26.7. The molecule has 0 atom stereocenters. The zero-order chi connectivity index (χ0) is 48.2. The first-order chi connectivity index (χ1) is 35.3.